The minimum atomic E-state index is -0.122. The lowest BCUT2D eigenvalue weighted by Crippen LogP contribution is -2.38. The summed E-state index contributed by atoms with van der Waals surface area (Å²) in [6.07, 6.45) is 2.11. The molecule has 0 spiro atoms. The zero-order valence-electron chi connectivity index (χ0n) is 11.2. The van der Waals surface area contributed by atoms with Crippen molar-refractivity contribution < 1.29 is 9.59 Å². The van der Waals surface area contributed by atoms with Crippen LogP contribution in [0.1, 0.15) is 18.4 Å². The van der Waals surface area contributed by atoms with Gasteiger partial charge in [0.1, 0.15) is 0 Å². The second kappa shape index (κ2) is 7.13. The average molecular weight is 357 g/mol. The van der Waals surface area contributed by atoms with Gasteiger partial charge in [-0.05, 0) is 43.5 Å². The van der Waals surface area contributed by atoms with E-state index in [0.29, 0.717) is 11.8 Å². The van der Waals surface area contributed by atoms with Gasteiger partial charge in [-0.2, -0.15) is 0 Å². The predicted molar refractivity (Wildman–Crippen MR) is 83.8 cm³/mol. The summed E-state index contributed by atoms with van der Waals surface area (Å²) < 4.78 is 1.03. The number of hydrogen-bond donors (Lipinski definition) is 2. The molecule has 1 aliphatic carbocycles. The first-order valence-corrected chi connectivity index (χ1v) is 8.27. The minimum absolute atomic E-state index is 0.0647. The standard InChI is InChI=1S/C14H17BrN2O2S/c1-9-6-10(15)2-5-12(9)20-8-14(19)16-7-13(18)17-11-3-4-11/h2,5-6,11H,3-4,7-8H2,1H3,(H,16,19)(H,17,18). The third-order valence-corrected chi connectivity index (χ3v) is 4.55. The number of rotatable bonds is 6. The first-order chi connectivity index (χ1) is 9.54. The van der Waals surface area contributed by atoms with Crippen molar-refractivity contribution >= 4 is 39.5 Å². The van der Waals surface area contributed by atoms with Crippen molar-refractivity contribution in [3.63, 3.8) is 0 Å². The van der Waals surface area contributed by atoms with Crippen LogP contribution in [0.25, 0.3) is 0 Å². The average Bonchev–Trinajstić information content (AvgIpc) is 3.19. The zero-order valence-corrected chi connectivity index (χ0v) is 13.6. The van der Waals surface area contributed by atoms with Gasteiger partial charge in [-0.3, -0.25) is 9.59 Å². The van der Waals surface area contributed by atoms with E-state index in [9.17, 15) is 9.59 Å². The van der Waals surface area contributed by atoms with Crippen molar-refractivity contribution in [3.05, 3.63) is 28.2 Å². The Morgan fingerprint density at radius 3 is 2.75 bits per heavy atom. The second-order valence-electron chi connectivity index (χ2n) is 4.82. The molecule has 2 rings (SSSR count). The Morgan fingerprint density at radius 2 is 2.10 bits per heavy atom. The van der Waals surface area contributed by atoms with Crippen LogP contribution in [0.4, 0.5) is 0 Å². The molecule has 0 aromatic heterocycles. The van der Waals surface area contributed by atoms with E-state index in [1.165, 1.54) is 11.8 Å². The van der Waals surface area contributed by atoms with Crippen LogP contribution in [0.2, 0.25) is 0 Å². The highest BCUT2D eigenvalue weighted by Gasteiger charge is 2.23. The lowest BCUT2D eigenvalue weighted by molar-refractivity contribution is -0.124. The second-order valence-corrected chi connectivity index (χ2v) is 6.75. The first-order valence-electron chi connectivity index (χ1n) is 6.49. The maximum absolute atomic E-state index is 11.7. The number of nitrogens with one attached hydrogen (secondary N) is 2. The molecular weight excluding hydrogens is 340 g/mol. The molecule has 108 valence electrons. The molecule has 2 amide bonds. The van der Waals surface area contributed by atoms with Gasteiger partial charge in [-0.25, -0.2) is 0 Å². The summed E-state index contributed by atoms with van der Waals surface area (Å²) in [5.74, 6) is 0.0908. The number of carbonyl (C=O) groups excluding carboxylic acids is 2. The Balaban J connectivity index is 1.70. The highest BCUT2D eigenvalue weighted by atomic mass is 79.9. The lowest BCUT2D eigenvalue weighted by atomic mass is 10.2. The molecule has 0 aliphatic heterocycles. The molecule has 0 atom stereocenters. The predicted octanol–water partition coefficient (Wildman–Crippen LogP) is 2.24. The summed E-state index contributed by atoms with van der Waals surface area (Å²) in [5, 5.41) is 5.47. The molecule has 1 fully saturated rings. The fraction of sp³-hybridized carbons (Fsp3) is 0.429. The highest BCUT2D eigenvalue weighted by molar-refractivity contribution is 9.10. The monoisotopic (exact) mass is 356 g/mol. The minimum Gasteiger partial charge on any atom is -0.352 e. The van der Waals surface area contributed by atoms with E-state index in [0.717, 1.165) is 27.8 Å². The SMILES string of the molecule is Cc1cc(Br)ccc1SCC(=O)NCC(=O)NC1CC1. The number of benzene rings is 1. The maximum atomic E-state index is 11.7. The van der Waals surface area contributed by atoms with Crippen LogP contribution in [0.3, 0.4) is 0 Å². The summed E-state index contributed by atoms with van der Waals surface area (Å²) in [7, 11) is 0. The first kappa shape index (κ1) is 15.4. The van der Waals surface area contributed by atoms with Gasteiger partial charge in [0.25, 0.3) is 0 Å². The van der Waals surface area contributed by atoms with E-state index in [2.05, 4.69) is 26.6 Å². The van der Waals surface area contributed by atoms with Gasteiger partial charge in [-0.1, -0.05) is 15.9 Å². The third-order valence-electron chi connectivity index (χ3n) is 2.88. The van der Waals surface area contributed by atoms with Gasteiger partial charge in [0.2, 0.25) is 11.8 Å². The molecule has 6 heteroatoms. The molecule has 0 heterocycles. The molecule has 20 heavy (non-hydrogen) atoms. The van der Waals surface area contributed by atoms with Crippen molar-refractivity contribution in [2.45, 2.75) is 30.7 Å². The molecule has 0 bridgehead atoms. The summed E-state index contributed by atoms with van der Waals surface area (Å²) >= 11 is 4.89. The Kier molecular flexibility index (Phi) is 5.48. The molecule has 0 unspecified atom stereocenters. The van der Waals surface area contributed by atoms with Gasteiger partial charge in [0.15, 0.2) is 0 Å². The van der Waals surface area contributed by atoms with Crippen LogP contribution >= 0.6 is 27.7 Å². The normalized spacial score (nSPS) is 13.9. The van der Waals surface area contributed by atoms with E-state index in [-0.39, 0.29) is 18.4 Å². The molecule has 2 N–H and O–H groups in total. The number of halogens is 1. The van der Waals surface area contributed by atoms with Crippen LogP contribution in [0.5, 0.6) is 0 Å². The molecule has 1 saturated carbocycles. The van der Waals surface area contributed by atoms with Crippen LogP contribution in [0, 0.1) is 6.92 Å². The van der Waals surface area contributed by atoms with Gasteiger partial charge in [0, 0.05) is 15.4 Å². The van der Waals surface area contributed by atoms with Crippen LogP contribution in [-0.4, -0.2) is 30.2 Å². The van der Waals surface area contributed by atoms with E-state index in [4.69, 9.17) is 0 Å². The van der Waals surface area contributed by atoms with Gasteiger partial charge in [-0.15, -0.1) is 11.8 Å². The molecule has 4 nitrogen and oxygen atoms in total. The molecule has 1 aliphatic rings. The van der Waals surface area contributed by atoms with E-state index in [1.54, 1.807) is 0 Å². The Morgan fingerprint density at radius 1 is 1.35 bits per heavy atom. The van der Waals surface area contributed by atoms with Gasteiger partial charge < -0.3 is 10.6 Å². The van der Waals surface area contributed by atoms with Gasteiger partial charge in [0.05, 0.1) is 12.3 Å². The molecule has 0 radical (unpaired) electrons. The van der Waals surface area contributed by atoms with Crippen molar-refractivity contribution in [1.29, 1.82) is 0 Å². The third kappa shape index (κ3) is 5.17. The fourth-order valence-electron chi connectivity index (χ4n) is 1.65. The molecule has 1 aromatic carbocycles. The summed E-state index contributed by atoms with van der Waals surface area (Å²) in [6, 6.07) is 6.29. The Bertz CT molecular complexity index is 518. The Labute approximate surface area is 131 Å². The summed E-state index contributed by atoms with van der Waals surface area (Å²) in [6.45, 7) is 2.07. The summed E-state index contributed by atoms with van der Waals surface area (Å²) in [4.78, 5) is 24.2. The largest absolute Gasteiger partial charge is 0.352 e. The quantitative estimate of drug-likeness (QED) is 0.768. The van der Waals surface area contributed by atoms with Crippen molar-refractivity contribution in [2.75, 3.05) is 12.3 Å². The molecule has 0 saturated heterocycles. The maximum Gasteiger partial charge on any atom is 0.239 e. The van der Waals surface area contributed by atoms with Crippen molar-refractivity contribution in [1.82, 2.24) is 10.6 Å². The topological polar surface area (TPSA) is 58.2 Å². The smallest absolute Gasteiger partial charge is 0.239 e. The zero-order chi connectivity index (χ0) is 14.5. The lowest BCUT2D eigenvalue weighted by Gasteiger charge is -2.07. The fourth-order valence-corrected chi connectivity index (χ4v) is 2.97. The van der Waals surface area contributed by atoms with Gasteiger partial charge >= 0.3 is 0 Å². The summed E-state index contributed by atoms with van der Waals surface area (Å²) in [5.41, 5.74) is 1.13. The number of thioether (sulfide) groups is 1. The molecule has 1 aromatic rings. The molecular formula is C14H17BrN2O2S. The number of amides is 2. The van der Waals surface area contributed by atoms with Crippen LogP contribution < -0.4 is 10.6 Å². The number of aryl methyl sites for hydroxylation is 1. The van der Waals surface area contributed by atoms with Crippen molar-refractivity contribution in [2.24, 2.45) is 0 Å². The van der Waals surface area contributed by atoms with E-state index in [1.807, 2.05) is 25.1 Å². The van der Waals surface area contributed by atoms with Crippen molar-refractivity contribution in [3.8, 4) is 0 Å². The Hall–Kier alpha value is -1.01. The van der Waals surface area contributed by atoms with Crippen LogP contribution in [0.15, 0.2) is 27.6 Å². The highest BCUT2D eigenvalue weighted by Crippen LogP contribution is 2.25. The van der Waals surface area contributed by atoms with E-state index >= 15 is 0 Å². The van der Waals surface area contributed by atoms with E-state index < -0.39 is 0 Å². The number of hydrogen-bond acceptors (Lipinski definition) is 3. The number of carbonyl (C=O) groups is 2. The van der Waals surface area contributed by atoms with Crippen LogP contribution in [-0.2, 0) is 9.59 Å².